The van der Waals surface area contributed by atoms with Gasteiger partial charge in [-0.3, -0.25) is 4.90 Å². The van der Waals surface area contributed by atoms with E-state index in [4.69, 9.17) is 21.1 Å². The van der Waals surface area contributed by atoms with Crippen LogP contribution in [0, 0.1) is 0 Å². The number of rotatable bonds is 2. The van der Waals surface area contributed by atoms with Crippen molar-refractivity contribution in [3.05, 3.63) is 22.7 Å². The third kappa shape index (κ3) is 2.81. The largest absolute Gasteiger partial charge is 0.486 e. The van der Waals surface area contributed by atoms with Gasteiger partial charge in [0.1, 0.15) is 13.2 Å². The summed E-state index contributed by atoms with van der Waals surface area (Å²) in [5, 5.41) is 10.6. The van der Waals surface area contributed by atoms with Gasteiger partial charge in [0.15, 0.2) is 11.5 Å². The standard InChI is InChI=1S/C14H18ClNO3/c1-14(17)2-3-16(9-14)8-10-6-11(15)13-12(7-10)18-4-5-19-13/h6-7,17H,2-5,8-9H2,1H3. The fraction of sp³-hybridized carbons (Fsp3) is 0.571. The molecule has 0 aromatic heterocycles. The van der Waals surface area contributed by atoms with Gasteiger partial charge >= 0.3 is 0 Å². The maximum atomic E-state index is 9.98. The first-order valence-corrected chi connectivity index (χ1v) is 6.94. The second kappa shape index (κ2) is 4.85. The Labute approximate surface area is 117 Å². The van der Waals surface area contributed by atoms with Gasteiger partial charge in [-0.05, 0) is 31.0 Å². The van der Waals surface area contributed by atoms with Crippen molar-refractivity contribution in [2.45, 2.75) is 25.5 Å². The molecule has 1 N–H and O–H groups in total. The van der Waals surface area contributed by atoms with Gasteiger partial charge in [-0.15, -0.1) is 0 Å². The Morgan fingerprint density at radius 3 is 2.89 bits per heavy atom. The minimum Gasteiger partial charge on any atom is -0.486 e. The highest BCUT2D eigenvalue weighted by molar-refractivity contribution is 6.32. The Balaban J connectivity index is 1.77. The summed E-state index contributed by atoms with van der Waals surface area (Å²) in [4.78, 5) is 2.22. The second-order valence-electron chi connectivity index (χ2n) is 5.56. The number of β-amino-alcohol motifs (C(OH)–C–C–N with tert-alkyl or cyclic N) is 1. The van der Waals surface area contributed by atoms with Crippen LogP contribution in [0.2, 0.25) is 5.02 Å². The van der Waals surface area contributed by atoms with Gasteiger partial charge in [0.2, 0.25) is 0 Å². The summed E-state index contributed by atoms with van der Waals surface area (Å²) in [6.45, 7) is 5.35. The molecule has 0 saturated carbocycles. The molecule has 1 unspecified atom stereocenters. The molecule has 1 fully saturated rings. The molecule has 0 bridgehead atoms. The Morgan fingerprint density at radius 1 is 1.37 bits per heavy atom. The van der Waals surface area contributed by atoms with E-state index in [0.717, 1.165) is 30.8 Å². The molecule has 0 spiro atoms. The lowest BCUT2D eigenvalue weighted by atomic mass is 10.1. The quantitative estimate of drug-likeness (QED) is 0.902. The normalized spacial score (nSPS) is 26.7. The maximum Gasteiger partial charge on any atom is 0.179 e. The molecule has 1 aromatic rings. The van der Waals surface area contributed by atoms with E-state index < -0.39 is 5.60 Å². The van der Waals surface area contributed by atoms with E-state index in [1.807, 2.05) is 19.1 Å². The topological polar surface area (TPSA) is 41.9 Å². The van der Waals surface area contributed by atoms with E-state index in [-0.39, 0.29) is 0 Å². The SMILES string of the molecule is CC1(O)CCN(Cc2cc(Cl)c3c(c2)OCCO3)C1. The zero-order valence-corrected chi connectivity index (χ0v) is 11.7. The molecule has 2 heterocycles. The van der Waals surface area contributed by atoms with Crippen molar-refractivity contribution < 1.29 is 14.6 Å². The molecule has 2 aliphatic heterocycles. The maximum absolute atomic E-state index is 9.98. The van der Waals surface area contributed by atoms with Gasteiger partial charge in [0.25, 0.3) is 0 Å². The molecule has 1 saturated heterocycles. The third-order valence-corrected chi connectivity index (χ3v) is 3.87. The summed E-state index contributed by atoms with van der Waals surface area (Å²) < 4.78 is 11.1. The van der Waals surface area contributed by atoms with Gasteiger partial charge in [-0.2, -0.15) is 0 Å². The highest BCUT2D eigenvalue weighted by Gasteiger charge is 2.31. The number of fused-ring (bicyclic) bond motifs is 1. The highest BCUT2D eigenvalue weighted by Crippen LogP contribution is 2.38. The van der Waals surface area contributed by atoms with Crippen LogP contribution in [0.5, 0.6) is 11.5 Å². The minimum absolute atomic E-state index is 0.543. The van der Waals surface area contributed by atoms with Crippen molar-refractivity contribution in [3.8, 4) is 11.5 Å². The van der Waals surface area contributed by atoms with Gasteiger partial charge in [0.05, 0.1) is 10.6 Å². The number of benzene rings is 1. The van der Waals surface area contributed by atoms with E-state index in [1.165, 1.54) is 0 Å². The molecule has 0 radical (unpaired) electrons. The lowest BCUT2D eigenvalue weighted by Gasteiger charge is -2.22. The second-order valence-corrected chi connectivity index (χ2v) is 5.97. The van der Waals surface area contributed by atoms with Gasteiger partial charge in [0, 0.05) is 19.6 Å². The van der Waals surface area contributed by atoms with Crippen LogP contribution in [0.25, 0.3) is 0 Å². The minimum atomic E-state index is -0.572. The molecule has 0 amide bonds. The zero-order valence-electron chi connectivity index (χ0n) is 11.0. The van der Waals surface area contributed by atoms with E-state index in [1.54, 1.807) is 0 Å². The van der Waals surface area contributed by atoms with E-state index in [0.29, 0.717) is 30.5 Å². The first kappa shape index (κ1) is 13.0. The van der Waals surface area contributed by atoms with Crippen LogP contribution in [0.3, 0.4) is 0 Å². The predicted octanol–water partition coefficient (Wildman–Crippen LogP) is 2.07. The first-order valence-electron chi connectivity index (χ1n) is 6.56. The van der Waals surface area contributed by atoms with E-state index in [2.05, 4.69) is 4.90 Å². The van der Waals surface area contributed by atoms with Crippen molar-refractivity contribution in [2.75, 3.05) is 26.3 Å². The lowest BCUT2D eigenvalue weighted by molar-refractivity contribution is 0.0679. The highest BCUT2D eigenvalue weighted by atomic mass is 35.5. The number of aliphatic hydroxyl groups is 1. The summed E-state index contributed by atoms with van der Waals surface area (Å²) in [6.07, 6.45) is 0.811. The Bertz CT molecular complexity index is 490. The Kier molecular flexibility index (Phi) is 3.33. The van der Waals surface area contributed by atoms with Crippen LogP contribution in [-0.4, -0.2) is 41.9 Å². The molecule has 3 rings (SSSR count). The molecule has 19 heavy (non-hydrogen) atoms. The van der Waals surface area contributed by atoms with Crippen LogP contribution >= 0.6 is 11.6 Å². The smallest absolute Gasteiger partial charge is 0.179 e. The Morgan fingerprint density at radius 2 is 2.16 bits per heavy atom. The molecule has 0 aliphatic carbocycles. The Hall–Kier alpha value is -0.970. The summed E-state index contributed by atoms with van der Waals surface area (Å²) in [7, 11) is 0. The first-order chi connectivity index (χ1) is 9.03. The number of hydrogen-bond acceptors (Lipinski definition) is 4. The van der Waals surface area contributed by atoms with Crippen molar-refractivity contribution >= 4 is 11.6 Å². The molecular formula is C14H18ClNO3. The summed E-state index contributed by atoms with van der Waals surface area (Å²) >= 11 is 6.22. The molecule has 1 atom stereocenters. The van der Waals surface area contributed by atoms with Crippen LogP contribution < -0.4 is 9.47 Å². The molecule has 104 valence electrons. The monoisotopic (exact) mass is 283 g/mol. The average Bonchev–Trinajstić information content (AvgIpc) is 2.69. The van der Waals surface area contributed by atoms with Crippen LogP contribution in [-0.2, 0) is 6.54 Å². The fourth-order valence-corrected chi connectivity index (χ4v) is 2.98. The molecule has 2 aliphatic rings. The van der Waals surface area contributed by atoms with Gasteiger partial charge in [-0.25, -0.2) is 0 Å². The fourth-order valence-electron chi connectivity index (χ4n) is 2.69. The number of likely N-dealkylation sites (tertiary alicyclic amines) is 1. The van der Waals surface area contributed by atoms with Crippen molar-refractivity contribution in [3.63, 3.8) is 0 Å². The van der Waals surface area contributed by atoms with E-state index >= 15 is 0 Å². The molecule has 1 aromatic carbocycles. The summed E-state index contributed by atoms with van der Waals surface area (Å²) in [5.41, 5.74) is 0.518. The van der Waals surface area contributed by atoms with Crippen LogP contribution in [0.15, 0.2) is 12.1 Å². The lowest BCUT2D eigenvalue weighted by Crippen LogP contribution is -2.29. The number of nitrogens with zero attached hydrogens (tertiary/aromatic N) is 1. The van der Waals surface area contributed by atoms with Crippen molar-refractivity contribution in [1.82, 2.24) is 4.90 Å². The zero-order chi connectivity index (χ0) is 13.5. The average molecular weight is 284 g/mol. The molecule has 4 nitrogen and oxygen atoms in total. The van der Waals surface area contributed by atoms with Crippen molar-refractivity contribution in [2.24, 2.45) is 0 Å². The number of halogens is 1. The van der Waals surface area contributed by atoms with E-state index in [9.17, 15) is 5.11 Å². The summed E-state index contributed by atoms with van der Waals surface area (Å²) in [5.74, 6) is 1.37. The predicted molar refractivity (Wildman–Crippen MR) is 73.0 cm³/mol. The van der Waals surface area contributed by atoms with Gasteiger partial charge in [-0.1, -0.05) is 11.6 Å². The van der Waals surface area contributed by atoms with Crippen molar-refractivity contribution in [1.29, 1.82) is 0 Å². The molecule has 5 heteroatoms. The van der Waals surface area contributed by atoms with Crippen LogP contribution in [0.1, 0.15) is 18.9 Å². The summed E-state index contributed by atoms with van der Waals surface area (Å²) in [6, 6.07) is 3.90. The third-order valence-electron chi connectivity index (χ3n) is 3.59. The van der Waals surface area contributed by atoms with Crippen LogP contribution in [0.4, 0.5) is 0 Å². The van der Waals surface area contributed by atoms with Gasteiger partial charge < -0.3 is 14.6 Å². The number of hydrogen-bond donors (Lipinski definition) is 1. The molecular weight excluding hydrogens is 266 g/mol. The number of ether oxygens (including phenoxy) is 2.